The van der Waals surface area contributed by atoms with E-state index in [0.717, 1.165) is 31.0 Å². The summed E-state index contributed by atoms with van der Waals surface area (Å²) in [6.07, 6.45) is 1.89. The first kappa shape index (κ1) is 15.2. The van der Waals surface area contributed by atoms with Gasteiger partial charge in [-0.05, 0) is 51.3 Å². The Bertz CT molecular complexity index is 464. The molecule has 0 aliphatic carbocycles. The van der Waals surface area contributed by atoms with Gasteiger partial charge in [0.05, 0.1) is 0 Å². The summed E-state index contributed by atoms with van der Waals surface area (Å²) < 4.78 is 5.45. The van der Waals surface area contributed by atoms with Crippen LogP contribution >= 0.6 is 11.6 Å². The Morgan fingerprint density at radius 1 is 1.30 bits per heavy atom. The second kappa shape index (κ2) is 6.04. The fourth-order valence-corrected chi connectivity index (χ4v) is 2.60. The second-order valence-corrected chi connectivity index (χ2v) is 6.75. The van der Waals surface area contributed by atoms with Gasteiger partial charge < -0.3 is 9.64 Å². The molecule has 1 fully saturated rings. The number of piperidine rings is 1. The van der Waals surface area contributed by atoms with E-state index in [-0.39, 0.29) is 6.09 Å². The van der Waals surface area contributed by atoms with Crippen LogP contribution in [0.2, 0.25) is 5.02 Å². The molecule has 0 aromatic heterocycles. The molecule has 1 amide bonds. The van der Waals surface area contributed by atoms with Gasteiger partial charge in [-0.3, -0.25) is 0 Å². The van der Waals surface area contributed by atoms with Gasteiger partial charge in [-0.15, -0.1) is 0 Å². The Hall–Kier alpha value is -1.22. The number of amides is 1. The Morgan fingerprint density at radius 2 is 1.95 bits per heavy atom. The maximum Gasteiger partial charge on any atom is 0.410 e. The van der Waals surface area contributed by atoms with E-state index in [1.807, 2.05) is 49.9 Å². The Kier molecular flexibility index (Phi) is 4.59. The van der Waals surface area contributed by atoms with Gasteiger partial charge in [-0.2, -0.15) is 0 Å². The van der Waals surface area contributed by atoms with Crippen LogP contribution in [0.3, 0.4) is 0 Å². The number of hydrogen-bond donors (Lipinski definition) is 0. The average Bonchev–Trinajstić information content (AvgIpc) is 2.38. The largest absolute Gasteiger partial charge is 0.444 e. The number of hydrogen-bond acceptors (Lipinski definition) is 2. The molecule has 1 aromatic rings. The van der Waals surface area contributed by atoms with E-state index in [4.69, 9.17) is 16.3 Å². The third-order valence-corrected chi connectivity index (χ3v) is 3.67. The third-order valence-electron chi connectivity index (χ3n) is 3.41. The summed E-state index contributed by atoms with van der Waals surface area (Å²) in [7, 11) is 0. The van der Waals surface area contributed by atoms with Gasteiger partial charge >= 0.3 is 6.09 Å². The van der Waals surface area contributed by atoms with Crippen molar-refractivity contribution in [2.75, 3.05) is 13.1 Å². The van der Waals surface area contributed by atoms with E-state index < -0.39 is 5.60 Å². The number of nitrogens with zero attached hydrogens (tertiary/aromatic N) is 1. The summed E-state index contributed by atoms with van der Waals surface area (Å²) in [5, 5.41) is 0.744. The van der Waals surface area contributed by atoms with E-state index in [1.54, 1.807) is 0 Å². The molecule has 3 nitrogen and oxygen atoms in total. The average molecular weight is 296 g/mol. The predicted molar refractivity (Wildman–Crippen MR) is 81.2 cm³/mol. The molecule has 0 radical (unpaired) electrons. The second-order valence-electron chi connectivity index (χ2n) is 6.32. The van der Waals surface area contributed by atoms with Gasteiger partial charge in [0, 0.05) is 24.0 Å². The first-order valence-corrected chi connectivity index (χ1v) is 7.46. The predicted octanol–water partition coefficient (Wildman–Crippen LogP) is 4.45. The SMILES string of the molecule is CC(C)(C)OC(=O)N1CCC[C@@H](c2ccc(Cl)cc2)C1. The lowest BCUT2D eigenvalue weighted by atomic mass is 9.91. The Balaban J connectivity index is 2.01. The molecular weight excluding hydrogens is 274 g/mol. The minimum Gasteiger partial charge on any atom is -0.444 e. The van der Waals surface area contributed by atoms with Gasteiger partial charge in [0.1, 0.15) is 5.60 Å². The normalized spacial score (nSPS) is 19.8. The molecule has 1 saturated heterocycles. The summed E-state index contributed by atoms with van der Waals surface area (Å²) in [5.41, 5.74) is 0.798. The summed E-state index contributed by atoms with van der Waals surface area (Å²) >= 11 is 5.92. The highest BCUT2D eigenvalue weighted by Gasteiger charge is 2.28. The fraction of sp³-hybridized carbons (Fsp3) is 0.562. The highest BCUT2D eigenvalue weighted by atomic mass is 35.5. The molecule has 0 bridgehead atoms. The molecule has 0 spiro atoms. The van der Waals surface area contributed by atoms with Crippen molar-refractivity contribution in [1.82, 2.24) is 4.90 Å². The third kappa shape index (κ3) is 4.14. The number of likely N-dealkylation sites (tertiary alicyclic amines) is 1. The number of carbonyl (C=O) groups is 1. The highest BCUT2D eigenvalue weighted by molar-refractivity contribution is 6.30. The van der Waals surface area contributed by atoms with E-state index in [0.29, 0.717) is 5.92 Å². The zero-order chi connectivity index (χ0) is 14.8. The van der Waals surface area contributed by atoms with Crippen molar-refractivity contribution in [3.63, 3.8) is 0 Å². The van der Waals surface area contributed by atoms with Crippen LogP contribution in [0, 0.1) is 0 Å². The van der Waals surface area contributed by atoms with E-state index >= 15 is 0 Å². The van der Waals surface area contributed by atoms with E-state index in [9.17, 15) is 4.79 Å². The molecule has 1 heterocycles. The molecule has 1 atom stereocenters. The molecule has 20 heavy (non-hydrogen) atoms. The standard InChI is InChI=1S/C16H22ClNO2/c1-16(2,3)20-15(19)18-10-4-5-13(11-18)12-6-8-14(17)9-7-12/h6-9,13H,4-5,10-11H2,1-3H3/t13-/m1/s1. The van der Waals surface area contributed by atoms with Crippen LogP contribution in [0.4, 0.5) is 4.79 Å². The maximum absolute atomic E-state index is 12.1. The number of carbonyl (C=O) groups excluding carboxylic acids is 1. The van der Waals surface area contributed by atoms with Gasteiger partial charge in [0.15, 0.2) is 0 Å². The van der Waals surface area contributed by atoms with Crippen LogP contribution in [0.15, 0.2) is 24.3 Å². The van der Waals surface area contributed by atoms with E-state index in [2.05, 4.69) is 0 Å². The first-order chi connectivity index (χ1) is 9.35. The number of rotatable bonds is 1. The van der Waals surface area contributed by atoms with Crippen molar-refractivity contribution in [2.45, 2.75) is 45.1 Å². The zero-order valence-corrected chi connectivity index (χ0v) is 13.1. The maximum atomic E-state index is 12.1. The van der Waals surface area contributed by atoms with Crippen LogP contribution < -0.4 is 0 Å². The Labute approximate surface area is 125 Å². The van der Waals surface area contributed by atoms with Crippen molar-refractivity contribution >= 4 is 17.7 Å². The van der Waals surface area contributed by atoms with E-state index in [1.165, 1.54) is 5.56 Å². The quantitative estimate of drug-likeness (QED) is 0.766. The highest BCUT2D eigenvalue weighted by Crippen LogP contribution is 2.28. The van der Waals surface area contributed by atoms with Crippen molar-refractivity contribution in [3.05, 3.63) is 34.9 Å². The molecule has 0 N–H and O–H groups in total. The fourth-order valence-electron chi connectivity index (χ4n) is 2.48. The molecule has 0 saturated carbocycles. The van der Waals surface area contributed by atoms with Crippen LogP contribution in [0.5, 0.6) is 0 Å². The lowest BCUT2D eigenvalue weighted by molar-refractivity contribution is 0.0198. The molecule has 4 heteroatoms. The summed E-state index contributed by atoms with van der Waals surface area (Å²) in [6, 6.07) is 7.91. The minimum absolute atomic E-state index is 0.212. The van der Waals surface area contributed by atoms with Gasteiger partial charge in [0.25, 0.3) is 0 Å². The van der Waals surface area contributed by atoms with Crippen LogP contribution in [-0.2, 0) is 4.74 Å². The van der Waals surface area contributed by atoms with Crippen molar-refractivity contribution in [3.8, 4) is 0 Å². The minimum atomic E-state index is -0.440. The first-order valence-electron chi connectivity index (χ1n) is 7.08. The van der Waals surface area contributed by atoms with Crippen molar-refractivity contribution in [2.24, 2.45) is 0 Å². The number of halogens is 1. The van der Waals surface area contributed by atoms with Gasteiger partial charge in [-0.1, -0.05) is 23.7 Å². The number of benzene rings is 1. The topological polar surface area (TPSA) is 29.5 Å². The molecule has 0 unspecified atom stereocenters. The summed E-state index contributed by atoms with van der Waals surface area (Å²) in [5.74, 6) is 0.369. The lowest BCUT2D eigenvalue weighted by Crippen LogP contribution is -2.42. The van der Waals surface area contributed by atoms with Crippen molar-refractivity contribution < 1.29 is 9.53 Å². The monoisotopic (exact) mass is 295 g/mol. The molecule has 1 aliphatic heterocycles. The van der Waals surface area contributed by atoms with Crippen LogP contribution in [-0.4, -0.2) is 29.7 Å². The molecule has 110 valence electrons. The zero-order valence-electron chi connectivity index (χ0n) is 12.4. The van der Waals surface area contributed by atoms with Crippen molar-refractivity contribution in [1.29, 1.82) is 0 Å². The molecule has 1 aromatic carbocycles. The Morgan fingerprint density at radius 3 is 2.55 bits per heavy atom. The summed E-state index contributed by atoms with van der Waals surface area (Å²) in [6.45, 7) is 7.18. The van der Waals surface area contributed by atoms with Gasteiger partial charge in [0.2, 0.25) is 0 Å². The van der Waals surface area contributed by atoms with Crippen LogP contribution in [0.25, 0.3) is 0 Å². The number of ether oxygens (including phenoxy) is 1. The van der Waals surface area contributed by atoms with Crippen LogP contribution in [0.1, 0.15) is 45.1 Å². The lowest BCUT2D eigenvalue weighted by Gasteiger charge is -2.34. The van der Waals surface area contributed by atoms with Gasteiger partial charge in [-0.25, -0.2) is 4.79 Å². The smallest absolute Gasteiger partial charge is 0.410 e. The summed E-state index contributed by atoms with van der Waals surface area (Å²) in [4.78, 5) is 13.9. The molecular formula is C16H22ClNO2. The molecule has 2 rings (SSSR count). The molecule has 1 aliphatic rings.